The summed E-state index contributed by atoms with van der Waals surface area (Å²) in [6, 6.07) is 6.92. The highest BCUT2D eigenvalue weighted by molar-refractivity contribution is 5.81. The summed E-state index contributed by atoms with van der Waals surface area (Å²) in [5.74, 6) is -0.426. The van der Waals surface area contributed by atoms with Crippen LogP contribution in [0.15, 0.2) is 24.3 Å². The van der Waals surface area contributed by atoms with E-state index in [1.54, 1.807) is 24.3 Å². The van der Waals surface area contributed by atoms with Crippen molar-refractivity contribution in [1.82, 2.24) is 5.32 Å². The van der Waals surface area contributed by atoms with E-state index in [0.29, 0.717) is 11.3 Å². The number of nitrogen functional groups attached to an aromatic ring is 1. The molecule has 1 rings (SSSR count). The van der Waals surface area contributed by atoms with Gasteiger partial charge in [-0.25, -0.2) is 0 Å². The van der Waals surface area contributed by atoms with Crippen molar-refractivity contribution in [3.05, 3.63) is 29.8 Å². The zero-order chi connectivity index (χ0) is 13.6. The van der Waals surface area contributed by atoms with Gasteiger partial charge >= 0.3 is 0 Å². The molecule has 0 aliphatic carbocycles. The van der Waals surface area contributed by atoms with E-state index < -0.39 is 31.3 Å². The van der Waals surface area contributed by atoms with E-state index in [1.165, 1.54) is 0 Å². The van der Waals surface area contributed by atoms with Crippen LogP contribution >= 0.6 is 0 Å². The van der Waals surface area contributed by atoms with Crippen molar-refractivity contribution in [2.45, 2.75) is 12.0 Å². The van der Waals surface area contributed by atoms with Gasteiger partial charge in [0.2, 0.25) is 5.91 Å². The van der Waals surface area contributed by atoms with Crippen LogP contribution in [0.3, 0.4) is 0 Å². The maximum atomic E-state index is 11.8. The first kappa shape index (κ1) is 14.4. The highest BCUT2D eigenvalue weighted by Gasteiger charge is 2.29. The lowest BCUT2D eigenvalue weighted by atomic mass is 10.0. The van der Waals surface area contributed by atoms with E-state index in [-0.39, 0.29) is 6.42 Å². The fraction of sp³-hybridized carbons (Fsp3) is 0.417. The first-order chi connectivity index (χ1) is 8.56. The zero-order valence-electron chi connectivity index (χ0n) is 9.97. The maximum Gasteiger partial charge on any atom is 0.225 e. The maximum absolute atomic E-state index is 11.8. The Kier molecular flexibility index (Phi) is 5.08. The van der Waals surface area contributed by atoms with Gasteiger partial charge < -0.3 is 26.4 Å². The molecule has 0 aliphatic heterocycles. The molecular formula is C12H18N2O4. The first-order valence-electron chi connectivity index (χ1n) is 5.54. The van der Waals surface area contributed by atoms with Crippen LogP contribution in [0.2, 0.25) is 0 Å². The molecule has 1 aromatic carbocycles. The van der Waals surface area contributed by atoms with Crippen molar-refractivity contribution in [1.29, 1.82) is 0 Å². The fourth-order valence-electron chi connectivity index (χ4n) is 1.48. The van der Waals surface area contributed by atoms with Gasteiger partial charge in [-0.15, -0.1) is 0 Å². The van der Waals surface area contributed by atoms with Gasteiger partial charge in [0, 0.05) is 5.69 Å². The van der Waals surface area contributed by atoms with Crippen molar-refractivity contribution < 1.29 is 20.1 Å². The third-order valence-electron chi connectivity index (χ3n) is 2.72. The SMILES string of the molecule is Nc1ccccc1CC(=O)NC(CO)(CO)CO. The summed E-state index contributed by atoms with van der Waals surface area (Å²) in [6.07, 6.45) is 0.0222. The van der Waals surface area contributed by atoms with Crippen molar-refractivity contribution >= 4 is 11.6 Å². The second-order valence-corrected chi connectivity index (χ2v) is 4.18. The Morgan fingerprint density at radius 1 is 1.17 bits per heavy atom. The molecule has 0 aliphatic rings. The van der Waals surface area contributed by atoms with Crippen LogP contribution in [0.4, 0.5) is 5.69 Å². The molecule has 6 N–H and O–H groups in total. The van der Waals surface area contributed by atoms with Gasteiger partial charge in [0.05, 0.1) is 26.2 Å². The van der Waals surface area contributed by atoms with Crippen molar-refractivity contribution in [3.8, 4) is 0 Å². The van der Waals surface area contributed by atoms with Gasteiger partial charge in [-0.05, 0) is 11.6 Å². The summed E-state index contributed by atoms with van der Waals surface area (Å²) in [5.41, 5.74) is 5.45. The van der Waals surface area contributed by atoms with E-state index in [4.69, 9.17) is 21.1 Å². The topological polar surface area (TPSA) is 116 Å². The van der Waals surface area contributed by atoms with E-state index >= 15 is 0 Å². The number of hydrogen-bond acceptors (Lipinski definition) is 5. The van der Waals surface area contributed by atoms with Gasteiger partial charge in [-0.3, -0.25) is 4.79 Å². The number of carbonyl (C=O) groups excluding carboxylic acids is 1. The largest absolute Gasteiger partial charge is 0.398 e. The molecule has 0 radical (unpaired) electrons. The van der Waals surface area contributed by atoms with E-state index in [2.05, 4.69) is 5.32 Å². The summed E-state index contributed by atoms with van der Waals surface area (Å²) >= 11 is 0. The molecule has 0 heterocycles. The monoisotopic (exact) mass is 254 g/mol. The Hall–Kier alpha value is -1.63. The molecule has 0 bridgehead atoms. The van der Waals surface area contributed by atoms with Crippen LogP contribution in [0.5, 0.6) is 0 Å². The van der Waals surface area contributed by atoms with Crippen LogP contribution in [-0.2, 0) is 11.2 Å². The molecule has 0 saturated carbocycles. The van der Waals surface area contributed by atoms with Crippen LogP contribution in [0.1, 0.15) is 5.56 Å². The lowest BCUT2D eigenvalue weighted by Crippen LogP contribution is -2.57. The average Bonchev–Trinajstić information content (AvgIpc) is 2.39. The lowest BCUT2D eigenvalue weighted by Gasteiger charge is -2.28. The molecule has 0 aromatic heterocycles. The smallest absolute Gasteiger partial charge is 0.225 e. The number of benzene rings is 1. The Morgan fingerprint density at radius 3 is 2.22 bits per heavy atom. The number of amides is 1. The first-order valence-corrected chi connectivity index (χ1v) is 5.54. The normalized spacial score (nSPS) is 11.3. The molecule has 6 heteroatoms. The van der Waals surface area contributed by atoms with Crippen LogP contribution in [0, 0.1) is 0 Å². The average molecular weight is 254 g/mol. The number of nitrogens with one attached hydrogen (secondary N) is 1. The van der Waals surface area contributed by atoms with Gasteiger partial charge in [0.25, 0.3) is 0 Å². The molecule has 0 atom stereocenters. The highest BCUT2D eigenvalue weighted by Crippen LogP contribution is 2.11. The van der Waals surface area contributed by atoms with Crippen molar-refractivity contribution in [2.75, 3.05) is 25.6 Å². The van der Waals surface area contributed by atoms with Crippen molar-refractivity contribution in [2.24, 2.45) is 0 Å². The van der Waals surface area contributed by atoms with Gasteiger partial charge in [0.15, 0.2) is 0 Å². The van der Waals surface area contributed by atoms with Gasteiger partial charge in [-0.2, -0.15) is 0 Å². The summed E-state index contributed by atoms with van der Waals surface area (Å²) < 4.78 is 0. The summed E-state index contributed by atoms with van der Waals surface area (Å²) in [6.45, 7) is -1.64. The third-order valence-corrected chi connectivity index (χ3v) is 2.72. The Balaban J connectivity index is 2.70. The molecule has 100 valence electrons. The Labute approximate surface area is 105 Å². The number of para-hydroxylation sites is 1. The van der Waals surface area contributed by atoms with E-state index in [1.807, 2.05) is 0 Å². The molecule has 0 fully saturated rings. The van der Waals surface area contributed by atoms with Gasteiger partial charge in [-0.1, -0.05) is 18.2 Å². The number of hydrogen-bond donors (Lipinski definition) is 5. The number of anilines is 1. The third kappa shape index (κ3) is 3.43. The zero-order valence-corrected chi connectivity index (χ0v) is 9.97. The van der Waals surface area contributed by atoms with Crippen LogP contribution < -0.4 is 11.1 Å². The van der Waals surface area contributed by atoms with Crippen LogP contribution in [0.25, 0.3) is 0 Å². The number of aliphatic hydroxyl groups is 3. The second kappa shape index (κ2) is 6.34. The van der Waals surface area contributed by atoms with Crippen LogP contribution in [-0.4, -0.2) is 46.6 Å². The van der Waals surface area contributed by atoms with Crippen molar-refractivity contribution in [3.63, 3.8) is 0 Å². The highest BCUT2D eigenvalue weighted by atomic mass is 16.3. The molecule has 18 heavy (non-hydrogen) atoms. The number of aliphatic hydroxyl groups excluding tert-OH is 3. The number of rotatable bonds is 6. The van der Waals surface area contributed by atoms with Gasteiger partial charge in [0.1, 0.15) is 5.54 Å². The fourth-order valence-corrected chi connectivity index (χ4v) is 1.48. The van der Waals surface area contributed by atoms with E-state index in [0.717, 1.165) is 0 Å². The lowest BCUT2D eigenvalue weighted by molar-refractivity contribution is -0.124. The summed E-state index contributed by atoms with van der Waals surface area (Å²) in [4.78, 5) is 11.8. The Bertz CT molecular complexity index is 397. The molecule has 1 amide bonds. The standard InChI is InChI=1S/C12H18N2O4/c13-10-4-2-1-3-9(10)5-11(18)14-12(6-15,7-16)8-17/h1-4,15-17H,5-8,13H2,(H,14,18). The molecule has 1 aromatic rings. The summed E-state index contributed by atoms with van der Waals surface area (Å²) in [5, 5.41) is 29.7. The molecule has 0 spiro atoms. The molecule has 0 saturated heterocycles. The number of nitrogens with two attached hydrogens (primary N) is 1. The minimum absolute atomic E-state index is 0.0222. The predicted octanol–water partition coefficient (Wildman–Crippen LogP) is -1.36. The number of carbonyl (C=O) groups is 1. The molecular weight excluding hydrogens is 236 g/mol. The quantitative estimate of drug-likeness (QED) is 0.402. The Morgan fingerprint density at radius 2 is 1.72 bits per heavy atom. The molecule has 0 unspecified atom stereocenters. The van der Waals surface area contributed by atoms with E-state index in [9.17, 15) is 4.79 Å². The second-order valence-electron chi connectivity index (χ2n) is 4.18. The summed E-state index contributed by atoms with van der Waals surface area (Å²) in [7, 11) is 0. The minimum atomic E-state index is -1.40. The minimum Gasteiger partial charge on any atom is -0.398 e. The molecule has 6 nitrogen and oxygen atoms in total. The predicted molar refractivity (Wildman–Crippen MR) is 66.7 cm³/mol.